The highest BCUT2D eigenvalue weighted by Crippen LogP contribution is 2.21. The maximum Gasteiger partial charge on any atom is 0.252 e. The van der Waals surface area contributed by atoms with Gasteiger partial charge in [-0.2, -0.15) is 5.10 Å². The molecule has 0 saturated carbocycles. The molecule has 2 aromatic heterocycles. The molecule has 0 aromatic carbocycles. The zero-order chi connectivity index (χ0) is 17.3. The van der Waals surface area contributed by atoms with Crippen molar-refractivity contribution < 1.29 is 14.6 Å². The summed E-state index contributed by atoms with van der Waals surface area (Å²) in [5.41, 5.74) is 1.39. The average Bonchev–Trinajstić information content (AvgIpc) is 2.97. The third kappa shape index (κ3) is 2.88. The molecule has 130 valence electrons. The van der Waals surface area contributed by atoms with Crippen LogP contribution in [-0.2, 0) is 11.8 Å². The van der Waals surface area contributed by atoms with Gasteiger partial charge in [-0.05, 0) is 20.0 Å². The Labute approximate surface area is 140 Å². The largest absolute Gasteiger partial charge is 0.394 e. The fourth-order valence-electron chi connectivity index (χ4n) is 2.99. The van der Waals surface area contributed by atoms with E-state index in [1.807, 2.05) is 21.0 Å². The Balaban J connectivity index is 1.74. The fourth-order valence-corrected chi connectivity index (χ4v) is 2.99. The number of likely N-dealkylation sites (N-methyl/N-ethyl adjacent to an activating group) is 1. The molecular formula is C16H23N5O3. The molecule has 1 fully saturated rings. The zero-order valence-corrected chi connectivity index (χ0v) is 14.2. The molecule has 0 bridgehead atoms. The van der Waals surface area contributed by atoms with Crippen molar-refractivity contribution in [1.82, 2.24) is 25.0 Å². The van der Waals surface area contributed by atoms with Gasteiger partial charge in [0.1, 0.15) is 5.52 Å². The van der Waals surface area contributed by atoms with E-state index < -0.39 is 5.54 Å². The SMILES string of the molecule is C[C@@H]1COC[C@@](CO)(CNC(=O)c2cnc3cnn(C)c3c2)N1C. The molecule has 3 heterocycles. The number of morpholine rings is 1. The normalized spacial score (nSPS) is 25.1. The van der Waals surface area contributed by atoms with Gasteiger partial charge in [0, 0.05) is 25.8 Å². The van der Waals surface area contributed by atoms with Gasteiger partial charge in [0.05, 0.1) is 42.6 Å². The van der Waals surface area contributed by atoms with Gasteiger partial charge in [0.25, 0.3) is 5.91 Å². The van der Waals surface area contributed by atoms with Crippen molar-refractivity contribution in [2.75, 3.05) is 33.4 Å². The summed E-state index contributed by atoms with van der Waals surface area (Å²) in [7, 11) is 3.75. The van der Waals surface area contributed by atoms with E-state index in [2.05, 4.69) is 20.3 Å². The van der Waals surface area contributed by atoms with E-state index in [0.717, 1.165) is 11.0 Å². The third-order valence-electron chi connectivity index (χ3n) is 4.87. The van der Waals surface area contributed by atoms with Gasteiger partial charge in [-0.3, -0.25) is 19.4 Å². The van der Waals surface area contributed by atoms with E-state index in [1.165, 1.54) is 6.20 Å². The van der Waals surface area contributed by atoms with Crippen LogP contribution in [0.1, 0.15) is 17.3 Å². The molecule has 0 unspecified atom stereocenters. The highest BCUT2D eigenvalue weighted by atomic mass is 16.5. The topological polar surface area (TPSA) is 92.5 Å². The summed E-state index contributed by atoms with van der Waals surface area (Å²) < 4.78 is 7.26. The van der Waals surface area contributed by atoms with Crippen LogP contribution in [0.4, 0.5) is 0 Å². The summed E-state index contributed by atoms with van der Waals surface area (Å²) in [5.74, 6) is -0.231. The van der Waals surface area contributed by atoms with Crippen molar-refractivity contribution in [2.24, 2.45) is 7.05 Å². The van der Waals surface area contributed by atoms with Gasteiger partial charge >= 0.3 is 0 Å². The van der Waals surface area contributed by atoms with E-state index >= 15 is 0 Å². The van der Waals surface area contributed by atoms with Crippen molar-refractivity contribution >= 4 is 16.9 Å². The van der Waals surface area contributed by atoms with Crippen LogP contribution >= 0.6 is 0 Å². The second-order valence-corrected chi connectivity index (χ2v) is 6.44. The van der Waals surface area contributed by atoms with Crippen LogP contribution in [0.15, 0.2) is 18.5 Å². The third-order valence-corrected chi connectivity index (χ3v) is 4.87. The fraction of sp³-hybridized carbons (Fsp3) is 0.562. The van der Waals surface area contributed by atoms with Crippen molar-refractivity contribution in [2.45, 2.75) is 18.5 Å². The number of aryl methyl sites for hydroxylation is 1. The molecule has 1 aliphatic rings. The lowest BCUT2D eigenvalue weighted by atomic mass is 9.96. The minimum atomic E-state index is -0.614. The highest BCUT2D eigenvalue weighted by molar-refractivity contribution is 5.96. The Kier molecular flexibility index (Phi) is 4.53. The van der Waals surface area contributed by atoms with Crippen molar-refractivity contribution in [3.8, 4) is 0 Å². The van der Waals surface area contributed by atoms with Crippen LogP contribution in [0.2, 0.25) is 0 Å². The second kappa shape index (κ2) is 6.46. The molecule has 1 aliphatic heterocycles. The van der Waals surface area contributed by atoms with Crippen molar-refractivity contribution in [3.63, 3.8) is 0 Å². The first-order chi connectivity index (χ1) is 11.5. The van der Waals surface area contributed by atoms with E-state index in [9.17, 15) is 9.90 Å². The van der Waals surface area contributed by atoms with Gasteiger partial charge in [0.15, 0.2) is 0 Å². The summed E-state index contributed by atoms with van der Waals surface area (Å²) in [6.45, 7) is 3.24. The van der Waals surface area contributed by atoms with Crippen LogP contribution in [0.25, 0.3) is 11.0 Å². The predicted molar refractivity (Wildman–Crippen MR) is 88.7 cm³/mol. The van der Waals surface area contributed by atoms with Crippen molar-refractivity contribution in [1.29, 1.82) is 0 Å². The maximum absolute atomic E-state index is 12.5. The summed E-state index contributed by atoms with van der Waals surface area (Å²) in [6.07, 6.45) is 3.20. The number of hydrogen-bond acceptors (Lipinski definition) is 6. The van der Waals surface area contributed by atoms with E-state index in [4.69, 9.17) is 4.74 Å². The summed E-state index contributed by atoms with van der Waals surface area (Å²) in [4.78, 5) is 18.8. The Morgan fingerprint density at radius 3 is 3.04 bits per heavy atom. The number of aliphatic hydroxyl groups excluding tert-OH is 1. The lowest BCUT2D eigenvalue weighted by Crippen LogP contribution is -2.65. The van der Waals surface area contributed by atoms with E-state index in [0.29, 0.717) is 25.3 Å². The first kappa shape index (κ1) is 16.8. The van der Waals surface area contributed by atoms with Gasteiger partial charge in [0.2, 0.25) is 0 Å². The zero-order valence-electron chi connectivity index (χ0n) is 14.2. The number of nitrogens with zero attached hydrogens (tertiary/aromatic N) is 4. The molecule has 0 spiro atoms. The Hall–Kier alpha value is -2.03. The number of pyridine rings is 1. The van der Waals surface area contributed by atoms with Crippen molar-refractivity contribution in [3.05, 3.63) is 24.0 Å². The van der Waals surface area contributed by atoms with E-state index in [1.54, 1.807) is 16.9 Å². The number of aliphatic hydroxyl groups is 1. The summed E-state index contributed by atoms with van der Waals surface area (Å²) >= 11 is 0. The summed E-state index contributed by atoms with van der Waals surface area (Å²) in [6, 6.07) is 1.94. The molecule has 1 amide bonds. The Bertz CT molecular complexity index is 746. The summed E-state index contributed by atoms with van der Waals surface area (Å²) in [5, 5.41) is 16.9. The van der Waals surface area contributed by atoms with Crippen LogP contribution in [0.5, 0.6) is 0 Å². The average molecular weight is 333 g/mol. The second-order valence-electron chi connectivity index (χ2n) is 6.44. The van der Waals surface area contributed by atoms with Crippen LogP contribution in [-0.4, -0.2) is 75.7 Å². The maximum atomic E-state index is 12.5. The number of carbonyl (C=O) groups is 1. The molecule has 24 heavy (non-hydrogen) atoms. The lowest BCUT2D eigenvalue weighted by Gasteiger charge is -2.47. The molecule has 2 N–H and O–H groups in total. The molecule has 8 heteroatoms. The quantitative estimate of drug-likeness (QED) is 0.804. The number of rotatable bonds is 4. The predicted octanol–water partition coefficient (Wildman–Crippen LogP) is -0.220. The van der Waals surface area contributed by atoms with Crippen LogP contribution < -0.4 is 5.32 Å². The standard InChI is InChI=1S/C16H23N5O3/c1-11-7-24-10-16(9-22,20(11)2)8-18-15(23)12-4-14-13(17-5-12)6-19-21(14)3/h4-6,11,22H,7-10H2,1-3H3,(H,18,23)/t11-,16+/m1/s1. The molecule has 2 aromatic rings. The van der Waals surface area contributed by atoms with Gasteiger partial charge in [-0.1, -0.05) is 0 Å². The number of amides is 1. The molecule has 8 nitrogen and oxygen atoms in total. The lowest BCUT2D eigenvalue weighted by molar-refractivity contribution is -0.105. The van der Waals surface area contributed by atoms with Crippen LogP contribution in [0.3, 0.4) is 0 Å². The molecule has 2 atom stereocenters. The van der Waals surface area contributed by atoms with E-state index in [-0.39, 0.29) is 18.6 Å². The Morgan fingerprint density at radius 1 is 1.50 bits per heavy atom. The number of aromatic nitrogens is 3. The minimum absolute atomic E-state index is 0.0901. The first-order valence-electron chi connectivity index (χ1n) is 7.94. The Morgan fingerprint density at radius 2 is 2.29 bits per heavy atom. The van der Waals surface area contributed by atoms with Gasteiger partial charge in [-0.15, -0.1) is 0 Å². The molecule has 1 saturated heterocycles. The monoisotopic (exact) mass is 333 g/mol. The highest BCUT2D eigenvalue weighted by Gasteiger charge is 2.40. The molecule has 0 aliphatic carbocycles. The number of fused-ring (bicyclic) bond motifs is 1. The number of hydrogen-bond donors (Lipinski definition) is 2. The molecular weight excluding hydrogens is 310 g/mol. The minimum Gasteiger partial charge on any atom is -0.394 e. The number of ether oxygens (including phenoxy) is 1. The first-order valence-corrected chi connectivity index (χ1v) is 7.94. The number of carbonyl (C=O) groups excluding carboxylic acids is 1. The number of nitrogens with one attached hydrogen (secondary N) is 1. The molecule has 3 rings (SSSR count). The van der Waals surface area contributed by atoms with Gasteiger partial charge in [-0.25, -0.2) is 0 Å². The van der Waals surface area contributed by atoms with Crippen LogP contribution in [0, 0.1) is 0 Å². The smallest absolute Gasteiger partial charge is 0.252 e. The molecule has 0 radical (unpaired) electrons. The van der Waals surface area contributed by atoms with Gasteiger partial charge < -0.3 is 15.2 Å².